The summed E-state index contributed by atoms with van der Waals surface area (Å²) >= 11 is 0. The number of hydrogen-bond donors (Lipinski definition) is 1. The quantitative estimate of drug-likeness (QED) is 0.339. The first-order valence-corrected chi connectivity index (χ1v) is 8.78. The van der Waals surface area contributed by atoms with Gasteiger partial charge in [0.1, 0.15) is 17.9 Å². The number of nitro groups is 1. The van der Waals surface area contributed by atoms with Crippen molar-refractivity contribution in [2.24, 2.45) is 5.73 Å². The van der Waals surface area contributed by atoms with Crippen LogP contribution in [0.1, 0.15) is 30.7 Å². The van der Waals surface area contributed by atoms with E-state index in [0.29, 0.717) is 36.2 Å². The summed E-state index contributed by atoms with van der Waals surface area (Å²) in [6.07, 6.45) is 1.49. The molecule has 9 nitrogen and oxygen atoms in total. The SMILES string of the molecule is COCCOC(=O)C1=C(N)OC2=C(C(=O)CCC2)[C@H]1c1ccc([N+](=O)[O-])cc1. The number of rotatable bonds is 6. The molecule has 0 spiro atoms. The molecule has 0 saturated carbocycles. The number of nitrogens with zero attached hydrogens (tertiary/aromatic N) is 1. The van der Waals surface area contributed by atoms with Crippen LogP contribution >= 0.6 is 0 Å². The summed E-state index contributed by atoms with van der Waals surface area (Å²) < 4.78 is 15.7. The number of carbonyl (C=O) groups is 2. The summed E-state index contributed by atoms with van der Waals surface area (Å²) in [5, 5.41) is 10.9. The van der Waals surface area contributed by atoms with Crippen LogP contribution in [0.5, 0.6) is 0 Å². The Balaban J connectivity index is 2.04. The molecule has 148 valence electrons. The number of non-ortho nitro benzene ring substituents is 1. The van der Waals surface area contributed by atoms with Crippen LogP contribution < -0.4 is 5.73 Å². The van der Waals surface area contributed by atoms with Gasteiger partial charge in [-0.25, -0.2) is 4.79 Å². The lowest BCUT2D eigenvalue weighted by molar-refractivity contribution is -0.384. The maximum atomic E-state index is 12.7. The average Bonchev–Trinajstić information content (AvgIpc) is 2.67. The fourth-order valence-electron chi connectivity index (χ4n) is 3.37. The van der Waals surface area contributed by atoms with Crippen molar-refractivity contribution in [1.82, 2.24) is 0 Å². The van der Waals surface area contributed by atoms with E-state index in [4.69, 9.17) is 19.9 Å². The number of ether oxygens (including phenoxy) is 3. The molecule has 0 unspecified atom stereocenters. The number of nitro benzene ring substituents is 1. The van der Waals surface area contributed by atoms with Crippen LogP contribution in [0.15, 0.2) is 47.1 Å². The van der Waals surface area contributed by atoms with Gasteiger partial charge < -0.3 is 19.9 Å². The molecule has 1 heterocycles. The van der Waals surface area contributed by atoms with Crippen LogP contribution in [0, 0.1) is 10.1 Å². The van der Waals surface area contributed by atoms with E-state index in [2.05, 4.69) is 0 Å². The van der Waals surface area contributed by atoms with Crippen LogP contribution in [0.3, 0.4) is 0 Å². The predicted octanol–water partition coefficient (Wildman–Crippen LogP) is 2.08. The predicted molar refractivity (Wildman–Crippen MR) is 96.9 cm³/mol. The highest BCUT2D eigenvalue weighted by Crippen LogP contribution is 2.44. The standard InChI is InChI=1S/C19H20N2O7/c1-26-9-10-27-19(23)17-15(11-5-7-12(8-6-11)21(24)25)16-13(22)3-2-4-14(16)28-18(17)20/h5-8,15H,2-4,9-10,20H2,1H3/t15-/m1/s1. The van der Waals surface area contributed by atoms with Crippen LogP contribution in [-0.2, 0) is 23.8 Å². The molecule has 0 radical (unpaired) electrons. The second-order valence-electron chi connectivity index (χ2n) is 6.40. The smallest absolute Gasteiger partial charge is 0.340 e. The van der Waals surface area contributed by atoms with E-state index in [1.807, 2.05) is 0 Å². The normalized spacial score (nSPS) is 19.2. The van der Waals surface area contributed by atoms with Crippen LogP contribution in [0.4, 0.5) is 5.69 Å². The van der Waals surface area contributed by atoms with Gasteiger partial charge in [0.25, 0.3) is 5.69 Å². The summed E-state index contributed by atoms with van der Waals surface area (Å²) in [5.74, 6) is -1.35. The van der Waals surface area contributed by atoms with Crippen LogP contribution in [0.2, 0.25) is 0 Å². The highest BCUT2D eigenvalue weighted by Gasteiger charge is 2.41. The third kappa shape index (κ3) is 3.74. The molecule has 0 saturated heterocycles. The van der Waals surface area contributed by atoms with Gasteiger partial charge >= 0.3 is 5.97 Å². The number of hydrogen-bond acceptors (Lipinski definition) is 8. The Morgan fingerprint density at radius 1 is 1.29 bits per heavy atom. The van der Waals surface area contributed by atoms with Crippen molar-refractivity contribution < 1.29 is 28.7 Å². The van der Waals surface area contributed by atoms with E-state index in [0.717, 1.165) is 0 Å². The minimum Gasteiger partial charge on any atom is -0.460 e. The highest BCUT2D eigenvalue weighted by atomic mass is 16.6. The van der Waals surface area contributed by atoms with Gasteiger partial charge in [0.2, 0.25) is 5.88 Å². The first-order chi connectivity index (χ1) is 13.4. The molecule has 1 aliphatic carbocycles. The lowest BCUT2D eigenvalue weighted by Crippen LogP contribution is -2.31. The number of ketones is 1. The van der Waals surface area contributed by atoms with E-state index in [-0.39, 0.29) is 36.1 Å². The number of esters is 1. The van der Waals surface area contributed by atoms with Gasteiger partial charge in [0.05, 0.1) is 17.4 Å². The molecule has 0 bridgehead atoms. The number of carbonyl (C=O) groups excluding carboxylic acids is 2. The Morgan fingerprint density at radius 2 is 2.00 bits per heavy atom. The summed E-state index contributed by atoms with van der Waals surface area (Å²) in [5.41, 5.74) is 6.81. The summed E-state index contributed by atoms with van der Waals surface area (Å²) in [6.45, 7) is 0.216. The van der Waals surface area contributed by atoms with Gasteiger partial charge in [0.15, 0.2) is 5.78 Å². The van der Waals surface area contributed by atoms with Crippen molar-refractivity contribution in [2.45, 2.75) is 25.2 Å². The molecule has 0 amide bonds. The van der Waals surface area contributed by atoms with E-state index < -0.39 is 16.8 Å². The maximum absolute atomic E-state index is 12.7. The Morgan fingerprint density at radius 3 is 2.64 bits per heavy atom. The third-order valence-corrected chi connectivity index (χ3v) is 4.66. The second-order valence-corrected chi connectivity index (χ2v) is 6.40. The zero-order chi connectivity index (χ0) is 20.3. The Labute approximate surface area is 160 Å². The van der Waals surface area contributed by atoms with E-state index in [9.17, 15) is 19.7 Å². The number of benzene rings is 1. The molecule has 2 N–H and O–H groups in total. The third-order valence-electron chi connectivity index (χ3n) is 4.66. The van der Waals surface area contributed by atoms with Crippen molar-refractivity contribution in [3.8, 4) is 0 Å². The zero-order valence-electron chi connectivity index (χ0n) is 15.3. The zero-order valence-corrected chi connectivity index (χ0v) is 15.3. The minimum atomic E-state index is -0.799. The molecule has 1 aromatic rings. The maximum Gasteiger partial charge on any atom is 0.340 e. The summed E-state index contributed by atoms with van der Waals surface area (Å²) in [6, 6.07) is 5.66. The molecule has 1 aromatic carbocycles. The van der Waals surface area contributed by atoms with Gasteiger partial charge in [0, 0.05) is 37.7 Å². The Bertz CT molecular complexity index is 871. The Hall–Kier alpha value is -3.20. The first-order valence-electron chi connectivity index (χ1n) is 8.78. The van der Waals surface area contributed by atoms with E-state index >= 15 is 0 Å². The lowest BCUT2D eigenvalue weighted by atomic mass is 9.77. The molecule has 0 aromatic heterocycles. The minimum absolute atomic E-state index is 0.0128. The molecule has 1 aliphatic heterocycles. The largest absolute Gasteiger partial charge is 0.460 e. The fourth-order valence-corrected chi connectivity index (χ4v) is 3.37. The number of methoxy groups -OCH3 is 1. The number of Topliss-reactive ketones (excluding diaryl/α,β-unsaturated/α-hetero) is 1. The van der Waals surface area contributed by atoms with Crippen molar-refractivity contribution >= 4 is 17.4 Å². The van der Waals surface area contributed by atoms with Crippen LogP contribution in [0.25, 0.3) is 0 Å². The summed E-state index contributed by atoms with van der Waals surface area (Å²) in [7, 11) is 1.47. The monoisotopic (exact) mass is 388 g/mol. The van der Waals surface area contributed by atoms with Crippen molar-refractivity contribution in [1.29, 1.82) is 0 Å². The molecule has 1 atom stereocenters. The lowest BCUT2D eigenvalue weighted by Gasteiger charge is -2.32. The van der Waals surface area contributed by atoms with Crippen LogP contribution in [-0.4, -0.2) is 37.0 Å². The summed E-state index contributed by atoms with van der Waals surface area (Å²) in [4.78, 5) is 35.8. The van der Waals surface area contributed by atoms with Gasteiger partial charge in [-0.15, -0.1) is 0 Å². The first kappa shape index (κ1) is 19.6. The topological polar surface area (TPSA) is 131 Å². The molecule has 9 heteroatoms. The van der Waals surface area contributed by atoms with Crippen molar-refractivity contribution in [3.05, 3.63) is 62.7 Å². The van der Waals surface area contributed by atoms with E-state index in [1.54, 1.807) is 0 Å². The molecular formula is C19H20N2O7. The van der Waals surface area contributed by atoms with Gasteiger partial charge in [-0.2, -0.15) is 0 Å². The molecule has 28 heavy (non-hydrogen) atoms. The average molecular weight is 388 g/mol. The molecule has 0 fully saturated rings. The number of nitrogens with two attached hydrogens (primary N) is 1. The molecular weight excluding hydrogens is 368 g/mol. The van der Waals surface area contributed by atoms with E-state index in [1.165, 1.54) is 31.4 Å². The Kier molecular flexibility index (Phi) is 5.74. The van der Waals surface area contributed by atoms with Crippen molar-refractivity contribution in [3.63, 3.8) is 0 Å². The van der Waals surface area contributed by atoms with Gasteiger partial charge in [-0.3, -0.25) is 14.9 Å². The fraction of sp³-hybridized carbons (Fsp3) is 0.368. The second kappa shape index (κ2) is 8.22. The molecule has 2 aliphatic rings. The molecule has 3 rings (SSSR count). The van der Waals surface area contributed by atoms with Gasteiger partial charge in [-0.05, 0) is 12.0 Å². The highest BCUT2D eigenvalue weighted by molar-refractivity contribution is 6.03. The van der Waals surface area contributed by atoms with Crippen molar-refractivity contribution in [2.75, 3.05) is 20.3 Å². The number of allylic oxidation sites excluding steroid dienone is 2. The van der Waals surface area contributed by atoms with Gasteiger partial charge in [-0.1, -0.05) is 12.1 Å².